The summed E-state index contributed by atoms with van der Waals surface area (Å²) in [6.45, 7) is 9.40. The van der Waals surface area contributed by atoms with Crippen LogP contribution in [0.2, 0.25) is 0 Å². The molecule has 1 saturated heterocycles. The van der Waals surface area contributed by atoms with Crippen molar-refractivity contribution in [3.8, 4) is 0 Å². The number of rotatable bonds is 6. The first-order valence-electron chi connectivity index (χ1n) is 6.56. The molecule has 3 heteroatoms. The highest BCUT2D eigenvalue weighted by Gasteiger charge is 2.29. The summed E-state index contributed by atoms with van der Waals surface area (Å²) in [6.07, 6.45) is 2.40. The molecular formula is C13H28N2O. The van der Waals surface area contributed by atoms with Crippen LogP contribution in [0, 0.1) is 11.8 Å². The summed E-state index contributed by atoms with van der Waals surface area (Å²) in [6, 6.07) is 1.09. The molecule has 3 atom stereocenters. The van der Waals surface area contributed by atoms with E-state index in [0.29, 0.717) is 18.0 Å². The molecule has 0 saturated carbocycles. The first-order valence-corrected chi connectivity index (χ1v) is 6.56. The summed E-state index contributed by atoms with van der Waals surface area (Å²) in [5.41, 5.74) is 5.92. The van der Waals surface area contributed by atoms with Gasteiger partial charge in [-0.2, -0.15) is 0 Å². The molecule has 1 aliphatic rings. The van der Waals surface area contributed by atoms with Gasteiger partial charge in [-0.3, -0.25) is 4.90 Å². The number of hydrogen-bond donors (Lipinski definition) is 1. The predicted molar refractivity (Wildman–Crippen MR) is 68.4 cm³/mol. The van der Waals surface area contributed by atoms with Crippen LogP contribution in [0.15, 0.2) is 0 Å². The second kappa shape index (κ2) is 6.58. The van der Waals surface area contributed by atoms with Crippen molar-refractivity contribution in [1.29, 1.82) is 0 Å². The lowest BCUT2D eigenvalue weighted by Gasteiger charge is -2.36. The maximum Gasteiger partial charge on any atom is 0.0510 e. The first kappa shape index (κ1) is 13.9. The minimum Gasteiger partial charge on any atom is -0.381 e. The molecule has 1 fully saturated rings. The molecule has 1 rings (SSSR count). The largest absolute Gasteiger partial charge is 0.381 e. The summed E-state index contributed by atoms with van der Waals surface area (Å²) in [7, 11) is 2.21. The van der Waals surface area contributed by atoms with Crippen molar-refractivity contribution in [1.82, 2.24) is 4.90 Å². The van der Waals surface area contributed by atoms with Gasteiger partial charge in [0.15, 0.2) is 0 Å². The molecule has 0 amide bonds. The van der Waals surface area contributed by atoms with Crippen LogP contribution in [0.25, 0.3) is 0 Å². The maximum atomic E-state index is 5.92. The lowest BCUT2D eigenvalue weighted by Crippen LogP contribution is -2.48. The van der Waals surface area contributed by atoms with Gasteiger partial charge in [0.1, 0.15) is 0 Å². The summed E-state index contributed by atoms with van der Waals surface area (Å²) < 4.78 is 5.47. The van der Waals surface area contributed by atoms with Crippen molar-refractivity contribution >= 4 is 0 Å². The third kappa shape index (κ3) is 3.72. The highest BCUT2D eigenvalue weighted by molar-refractivity contribution is 4.84. The molecule has 2 N–H and O–H groups in total. The fourth-order valence-electron chi connectivity index (χ4n) is 2.72. The molecule has 0 aromatic heterocycles. The molecule has 0 spiro atoms. The molecule has 3 unspecified atom stereocenters. The Kier molecular flexibility index (Phi) is 5.73. The number of ether oxygens (including phenoxy) is 1. The molecule has 0 radical (unpaired) electrons. The van der Waals surface area contributed by atoms with Gasteiger partial charge >= 0.3 is 0 Å². The van der Waals surface area contributed by atoms with Crippen LogP contribution < -0.4 is 5.73 Å². The lowest BCUT2D eigenvalue weighted by atomic mass is 9.95. The molecule has 1 aliphatic heterocycles. The van der Waals surface area contributed by atoms with Gasteiger partial charge in [0.25, 0.3) is 0 Å². The maximum absolute atomic E-state index is 5.92. The van der Waals surface area contributed by atoms with E-state index in [1.165, 1.54) is 12.8 Å². The van der Waals surface area contributed by atoms with Crippen LogP contribution in [0.3, 0.4) is 0 Å². The third-order valence-corrected chi connectivity index (χ3v) is 3.78. The Hall–Kier alpha value is -0.120. The standard InChI is InChI=1S/C13H28N2O/c1-10(2)7-11(3)15(4)13(8-14)12-5-6-16-9-12/h10-13H,5-9,14H2,1-4H3. The second-order valence-electron chi connectivity index (χ2n) is 5.57. The lowest BCUT2D eigenvalue weighted by molar-refractivity contribution is 0.106. The summed E-state index contributed by atoms with van der Waals surface area (Å²) in [5, 5.41) is 0. The highest BCUT2D eigenvalue weighted by Crippen LogP contribution is 2.22. The van der Waals surface area contributed by atoms with E-state index in [0.717, 1.165) is 25.7 Å². The van der Waals surface area contributed by atoms with Crippen molar-refractivity contribution in [2.24, 2.45) is 17.6 Å². The van der Waals surface area contributed by atoms with E-state index >= 15 is 0 Å². The summed E-state index contributed by atoms with van der Waals surface area (Å²) in [5.74, 6) is 1.38. The highest BCUT2D eigenvalue weighted by atomic mass is 16.5. The molecule has 0 bridgehead atoms. The van der Waals surface area contributed by atoms with Gasteiger partial charge in [0.05, 0.1) is 6.61 Å². The third-order valence-electron chi connectivity index (χ3n) is 3.78. The Bertz CT molecular complexity index is 190. The normalized spacial score (nSPS) is 25.3. The van der Waals surface area contributed by atoms with Crippen LogP contribution in [0.5, 0.6) is 0 Å². The Labute approximate surface area is 100 Å². The zero-order chi connectivity index (χ0) is 12.1. The van der Waals surface area contributed by atoms with Crippen LogP contribution in [0.4, 0.5) is 0 Å². The molecule has 0 aliphatic carbocycles. The molecule has 0 aromatic carbocycles. The van der Waals surface area contributed by atoms with E-state index in [-0.39, 0.29) is 0 Å². The predicted octanol–water partition coefficient (Wildman–Crippen LogP) is 1.72. The number of hydrogen-bond acceptors (Lipinski definition) is 3. The van der Waals surface area contributed by atoms with Crippen molar-refractivity contribution in [2.75, 3.05) is 26.8 Å². The van der Waals surface area contributed by atoms with Crippen LogP contribution in [-0.4, -0.2) is 43.8 Å². The Balaban J connectivity index is 2.50. The molecule has 16 heavy (non-hydrogen) atoms. The van der Waals surface area contributed by atoms with E-state index in [2.05, 4.69) is 32.7 Å². The van der Waals surface area contributed by atoms with E-state index in [4.69, 9.17) is 10.5 Å². The van der Waals surface area contributed by atoms with Gasteiger partial charge in [0.2, 0.25) is 0 Å². The fourth-order valence-corrected chi connectivity index (χ4v) is 2.72. The summed E-state index contributed by atoms with van der Waals surface area (Å²) >= 11 is 0. The first-order chi connectivity index (χ1) is 7.56. The molecule has 96 valence electrons. The van der Waals surface area contributed by atoms with Crippen LogP contribution in [0.1, 0.15) is 33.6 Å². The van der Waals surface area contributed by atoms with Crippen molar-refractivity contribution in [3.63, 3.8) is 0 Å². The van der Waals surface area contributed by atoms with Gasteiger partial charge in [-0.05, 0) is 32.7 Å². The number of nitrogens with two attached hydrogens (primary N) is 1. The molecule has 3 nitrogen and oxygen atoms in total. The van der Waals surface area contributed by atoms with Crippen LogP contribution >= 0.6 is 0 Å². The van der Waals surface area contributed by atoms with Crippen molar-refractivity contribution in [3.05, 3.63) is 0 Å². The Morgan fingerprint density at radius 3 is 2.50 bits per heavy atom. The van der Waals surface area contributed by atoms with Gasteiger partial charge in [-0.1, -0.05) is 13.8 Å². The second-order valence-corrected chi connectivity index (χ2v) is 5.57. The zero-order valence-corrected chi connectivity index (χ0v) is 11.3. The topological polar surface area (TPSA) is 38.5 Å². The number of nitrogens with zero attached hydrogens (tertiary/aromatic N) is 1. The van der Waals surface area contributed by atoms with Gasteiger partial charge < -0.3 is 10.5 Å². The zero-order valence-electron chi connectivity index (χ0n) is 11.3. The van der Waals surface area contributed by atoms with E-state index in [1.807, 2.05) is 0 Å². The minimum atomic E-state index is 0.483. The van der Waals surface area contributed by atoms with Crippen molar-refractivity contribution in [2.45, 2.75) is 45.7 Å². The van der Waals surface area contributed by atoms with E-state index in [9.17, 15) is 0 Å². The van der Waals surface area contributed by atoms with E-state index in [1.54, 1.807) is 0 Å². The molecule has 0 aromatic rings. The quantitative estimate of drug-likeness (QED) is 0.752. The van der Waals surface area contributed by atoms with Gasteiger partial charge in [-0.25, -0.2) is 0 Å². The minimum absolute atomic E-state index is 0.483. The average Bonchev–Trinajstić information content (AvgIpc) is 2.71. The summed E-state index contributed by atoms with van der Waals surface area (Å²) in [4.78, 5) is 2.46. The fraction of sp³-hybridized carbons (Fsp3) is 1.00. The smallest absolute Gasteiger partial charge is 0.0510 e. The molecular weight excluding hydrogens is 200 g/mol. The Morgan fingerprint density at radius 2 is 2.06 bits per heavy atom. The molecule has 1 heterocycles. The Morgan fingerprint density at radius 1 is 1.38 bits per heavy atom. The van der Waals surface area contributed by atoms with Gasteiger partial charge in [-0.15, -0.1) is 0 Å². The number of likely N-dealkylation sites (N-methyl/N-ethyl adjacent to an activating group) is 1. The van der Waals surface area contributed by atoms with Crippen molar-refractivity contribution < 1.29 is 4.74 Å². The SMILES string of the molecule is CC(C)CC(C)N(C)C(CN)C1CCOC1. The monoisotopic (exact) mass is 228 g/mol. The van der Waals surface area contributed by atoms with Crippen LogP contribution in [-0.2, 0) is 4.74 Å². The van der Waals surface area contributed by atoms with Gasteiger partial charge in [0, 0.05) is 31.2 Å². The van der Waals surface area contributed by atoms with E-state index < -0.39 is 0 Å². The average molecular weight is 228 g/mol.